The van der Waals surface area contributed by atoms with Crippen LogP contribution >= 0.6 is 0 Å². The van der Waals surface area contributed by atoms with Crippen LogP contribution in [0.4, 0.5) is 0 Å². The molecule has 1 N–H and O–H groups in total. The number of carboxylic acid groups (broad SMARTS) is 1. The van der Waals surface area contributed by atoms with Gasteiger partial charge in [0.15, 0.2) is 0 Å². The molecule has 0 aliphatic carbocycles. The maximum atomic E-state index is 11.5. The minimum absolute atomic E-state index is 0.449. The SMILES string of the molecule is CCCCCC(CC)(CC)OC(=O)/C=C/C(=O)O. The molecule has 0 heterocycles. The molecule has 4 heteroatoms. The minimum Gasteiger partial charge on any atom is -0.478 e. The quantitative estimate of drug-likeness (QED) is 0.390. The summed E-state index contributed by atoms with van der Waals surface area (Å²) in [4.78, 5) is 21.9. The Balaban J connectivity index is 4.49. The Bertz CT molecular complexity index is 290. The van der Waals surface area contributed by atoms with Crippen LogP contribution in [0, 0.1) is 0 Å². The maximum Gasteiger partial charge on any atom is 0.331 e. The van der Waals surface area contributed by atoms with E-state index >= 15 is 0 Å². The van der Waals surface area contributed by atoms with Crippen LogP contribution in [0.3, 0.4) is 0 Å². The molecule has 0 radical (unpaired) electrons. The van der Waals surface area contributed by atoms with Crippen molar-refractivity contribution >= 4 is 11.9 Å². The molecule has 0 aromatic rings. The predicted octanol–water partition coefficient (Wildman–Crippen LogP) is 3.31. The maximum absolute atomic E-state index is 11.5. The largest absolute Gasteiger partial charge is 0.478 e. The summed E-state index contributed by atoms with van der Waals surface area (Å²) in [7, 11) is 0. The third-order valence-corrected chi connectivity index (χ3v) is 3.20. The number of aliphatic carboxylic acids is 1. The highest BCUT2D eigenvalue weighted by molar-refractivity contribution is 5.90. The summed E-state index contributed by atoms with van der Waals surface area (Å²) in [6.45, 7) is 6.11. The van der Waals surface area contributed by atoms with Gasteiger partial charge in [0.1, 0.15) is 5.60 Å². The van der Waals surface area contributed by atoms with Crippen molar-refractivity contribution in [2.24, 2.45) is 0 Å². The Kier molecular flexibility index (Phi) is 8.08. The van der Waals surface area contributed by atoms with Crippen LogP contribution in [0.2, 0.25) is 0 Å². The van der Waals surface area contributed by atoms with E-state index < -0.39 is 17.5 Å². The van der Waals surface area contributed by atoms with Crippen LogP contribution in [-0.2, 0) is 14.3 Å². The van der Waals surface area contributed by atoms with E-state index in [2.05, 4.69) is 6.92 Å². The molecule has 0 unspecified atom stereocenters. The molecule has 0 saturated heterocycles. The molecule has 18 heavy (non-hydrogen) atoms. The molecular formula is C14H24O4. The lowest BCUT2D eigenvalue weighted by Crippen LogP contribution is -2.33. The molecule has 0 bridgehead atoms. The highest BCUT2D eigenvalue weighted by Crippen LogP contribution is 2.27. The van der Waals surface area contributed by atoms with Crippen LogP contribution in [0.1, 0.15) is 59.3 Å². The number of ether oxygens (including phenoxy) is 1. The fourth-order valence-corrected chi connectivity index (χ4v) is 1.88. The van der Waals surface area contributed by atoms with Gasteiger partial charge in [0.05, 0.1) is 0 Å². The first-order valence-corrected chi connectivity index (χ1v) is 6.63. The number of carboxylic acids is 1. The monoisotopic (exact) mass is 256 g/mol. The van der Waals surface area contributed by atoms with Gasteiger partial charge in [-0.05, 0) is 25.7 Å². The smallest absolute Gasteiger partial charge is 0.331 e. The van der Waals surface area contributed by atoms with Crippen LogP contribution in [0.5, 0.6) is 0 Å². The summed E-state index contributed by atoms with van der Waals surface area (Å²) in [6, 6.07) is 0. The Hall–Kier alpha value is -1.32. The molecule has 0 aromatic heterocycles. The molecule has 0 amide bonds. The topological polar surface area (TPSA) is 63.6 Å². The summed E-state index contributed by atoms with van der Waals surface area (Å²) in [5.41, 5.74) is -0.449. The number of rotatable bonds is 9. The fourth-order valence-electron chi connectivity index (χ4n) is 1.88. The van der Waals surface area contributed by atoms with E-state index in [1.54, 1.807) is 0 Å². The van der Waals surface area contributed by atoms with Gasteiger partial charge in [0.25, 0.3) is 0 Å². The van der Waals surface area contributed by atoms with Gasteiger partial charge in [0, 0.05) is 12.2 Å². The lowest BCUT2D eigenvalue weighted by Gasteiger charge is -2.31. The number of carbonyl (C=O) groups is 2. The molecule has 104 valence electrons. The van der Waals surface area contributed by atoms with Gasteiger partial charge in [-0.15, -0.1) is 0 Å². The summed E-state index contributed by atoms with van der Waals surface area (Å²) in [5.74, 6) is -1.71. The van der Waals surface area contributed by atoms with Crippen molar-refractivity contribution in [3.05, 3.63) is 12.2 Å². The number of hydrogen-bond acceptors (Lipinski definition) is 3. The third kappa shape index (κ3) is 6.42. The van der Waals surface area contributed by atoms with E-state index in [1.165, 1.54) is 0 Å². The van der Waals surface area contributed by atoms with Gasteiger partial charge in [-0.25, -0.2) is 9.59 Å². The van der Waals surface area contributed by atoms with Crippen molar-refractivity contribution in [3.8, 4) is 0 Å². The van der Waals surface area contributed by atoms with Gasteiger partial charge < -0.3 is 9.84 Å². The number of unbranched alkanes of at least 4 members (excludes halogenated alkanes) is 2. The second-order valence-electron chi connectivity index (χ2n) is 4.44. The summed E-state index contributed by atoms with van der Waals surface area (Å²) >= 11 is 0. The molecule has 0 atom stereocenters. The van der Waals surface area contributed by atoms with Crippen molar-refractivity contribution in [2.75, 3.05) is 0 Å². The molecule has 0 spiro atoms. The number of esters is 1. The molecule has 0 aliphatic rings. The third-order valence-electron chi connectivity index (χ3n) is 3.20. The van der Waals surface area contributed by atoms with Gasteiger partial charge in [-0.3, -0.25) is 0 Å². The van der Waals surface area contributed by atoms with Crippen molar-refractivity contribution in [3.63, 3.8) is 0 Å². The molecule has 0 aromatic carbocycles. The van der Waals surface area contributed by atoms with Gasteiger partial charge in [-0.2, -0.15) is 0 Å². The van der Waals surface area contributed by atoms with Crippen molar-refractivity contribution in [2.45, 2.75) is 64.9 Å². The Morgan fingerprint density at radius 3 is 2.17 bits per heavy atom. The van der Waals surface area contributed by atoms with E-state index in [9.17, 15) is 9.59 Å². The van der Waals surface area contributed by atoms with Crippen LogP contribution < -0.4 is 0 Å². The highest BCUT2D eigenvalue weighted by atomic mass is 16.6. The zero-order valence-corrected chi connectivity index (χ0v) is 11.6. The molecule has 0 saturated carbocycles. The zero-order chi connectivity index (χ0) is 14.0. The Labute approximate surface area is 109 Å². The highest BCUT2D eigenvalue weighted by Gasteiger charge is 2.29. The lowest BCUT2D eigenvalue weighted by molar-refractivity contribution is -0.155. The number of hydrogen-bond donors (Lipinski definition) is 1. The number of carbonyl (C=O) groups excluding carboxylic acids is 1. The van der Waals surface area contributed by atoms with Crippen LogP contribution in [-0.4, -0.2) is 22.6 Å². The molecule has 4 nitrogen and oxygen atoms in total. The van der Waals surface area contributed by atoms with Crippen LogP contribution in [0.25, 0.3) is 0 Å². The van der Waals surface area contributed by atoms with Crippen molar-refractivity contribution in [1.82, 2.24) is 0 Å². The summed E-state index contributed by atoms with van der Waals surface area (Å²) in [5, 5.41) is 8.45. The summed E-state index contributed by atoms with van der Waals surface area (Å²) < 4.78 is 5.44. The van der Waals surface area contributed by atoms with Gasteiger partial charge in [-0.1, -0.05) is 33.6 Å². The molecular weight excluding hydrogens is 232 g/mol. The lowest BCUT2D eigenvalue weighted by atomic mass is 9.90. The van der Waals surface area contributed by atoms with E-state index in [0.29, 0.717) is 0 Å². The zero-order valence-electron chi connectivity index (χ0n) is 11.6. The summed E-state index contributed by atoms with van der Waals surface area (Å²) in [6.07, 6.45) is 7.38. The standard InChI is InChI=1S/C14H24O4/c1-4-7-8-11-14(5-2,6-3)18-13(17)10-9-12(15)16/h9-10H,4-8,11H2,1-3H3,(H,15,16)/b10-9+. The average molecular weight is 256 g/mol. The van der Waals surface area contributed by atoms with E-state index in [1.807, 2.05) is 13.8 Å². The second kappa shape index (κ2) is 8.72. The molecule has 0 rings (SSSR count). The van der Waals surface area contributed by atoms with E-state index in [4.69, 9.17) is 9.84 Å². The normalized spacial score (nSPS) is 11.7. The van der Waals surface area contributed by atoms with E-state index in [-0.39, 0.29) is 0 Å². The van der Waals surface area contributed by atoms with Gasteiger partial charge in [0.2, 0.25) is 0 Å². The van der Waals surface area contributed by atoms with E-state index in [0.717, 1.165) is 50.7 Å². The van der Waals surface area contributed by atoms with Crippen molar-refractivity contribution < 1.29 is 19.4 Å². The average Bonchev–Trinajstić information content (AvgIpc) is 2.35. The van der Waals surface area contributed by atoms with Crippen molar-refractivity contribution in [1.29, 1.82) is 0 Å². The van der Waals surface area contributed by atoms with Gasteiger partial charge >= 0.3 is 11.9 Å². The predicted molar refractivity (Wildman–Crippen MR) is 70.3 cm³/mol. The van der Waals surface area contributed by atoms with Crippen LogP contribution in [0.15, 0.2) is 12.2 Å². The Morgan fingerprint density at radius 1 is 1.11 bits per heavy atom. The minimum atomic E-state index is -1.14. The molecule has 0 aliphatic heterocycles. The first-order chi connectivity index (χ1) is 8.49. The molecule has 0 fully saturated rings. The first-order valence-electron chi connectivity index (χ1n) is 6.63. The Morgan fingerprint density at radius 2 is 1.72 bits per heavy atom. The second-order valence-corrected chi connectivity index (χ2v) is 4.44. The first kappa shape index (κ1) is 16.7. The fraction of sp³-hybridized carbons (Fsp3) is 0.714.